The van der Waals surface area contributed by atoms with Crippen LogP contribution in [0.4, 0.5) is 8.78 Å². The Bertz CT molecular complexity index is 834. The van der Waals surface area contributed by atoms with Crippen molar-refractivity contribution in [3.63, 3.8) is 0 Å². The number of alkyl halides is 2. The molecule has 3 rings (SSSR count). The normalized spacial score (nSPS) is 42.2. The minimum Gasteiger partial charge on any atom is -0.393 e. The molecule has 0 amide bonds. The molecule has 0 saturated heterocycles. The molecule has 31 heavy (non-hydrogen) atoms. The Hall–Kier alpha value is -1.00. The molecule has 0 aromatic carbocycles. The quantitative estimate of drug-likeness (QED) is 0.449. The minimum atomic E-state index is -3.10. The zero-order chi connectivity index (χ0) is 25.5. The molecule has 0 aliphatic heterocycles. The molecule has 2 unspecified atom stereocenters. The lowest BCUT2D eigenvalue weighted by molar-refractivity contribution is -0.168. The molecule has 0 bridgehead atoms. The predicted molar refractivity (Wildman–Crippen MR) is 123 cm³/mol. The zero-order valence-corrected chi connectivity index (χ0v) is 19.6. The summed E-state index contributed by atoms with van der Waals surface area (Å²) >= 11 is 0. The number of aliphatic hydroxyl groups is 2. The van der Waals surface area contributed by atoms with Crippen LogP contribution in [0.5, 0.6) is 0 Å². The van der Waals surface area contributed by atoms with Crippen LogP contribution >= 0.6 is 0 Å². The highest BCUT2D eigenvalue weighted by Gasteiger charge is 2.51. The molecule has 6 atom stereocenters. The molecule has 4 heteroatoms. The third-order valence-corrected chi connectivity index (χ3v) is 8.43. The zero-order valence-electron chi connectivity index (χ0n) is 22.6. The van der Waals surface area contributed by atoms with E-state index in [1.807, 2.05) is 6.08 Å². The number of halogens is 2. The average molecular weight is 440 g/mol. The Labute approximate surface area is 191 Å². The summed E-state index contributed by atoms with van der Waals surface area (Å²) in [6.45, 7) is 10.9. The largest absolute Gasteiger partial charge is 0.393 e. The van der Waals surface area contributed by atoms with Gasteiger partial charge in [-0.2, -0.15) is 0 Å². The number of fused-ring (bicyclic) bond motifs is 1. The molecular formula is C27H42F2O2. The van der Waals surface area contributed by atoms with Crippen molar-refractivity contribution in [2.24, 2.45) is 23.2 Å². The highest BCUT2D eigenvalue weighted by molar-refractivity contribution is 5.36. The van der Waals surface area contributed by atoms with Crippen molar-refractivity contribution in [2.75, 3.05) is 0 Å². The average Bonchev–Trinajstić information content (AvgIpc) is 3.10. The minimum absolute atomic E-state index is 0.0747. The van der Waals surface area contributed by atoms with E-state index in [-0.39, 0.29) is 24.2 Å². The van der Waals surface area contributed by atoms with Crippen molar-refractivity contribution in [3.05, 3.63) is 35.5 Å². The fraction of sp³-hybridized carbons (Fsp3) is 0.778. The van der Waals surface area contributed by atoms with E-state index in [1.165, 1.54) is 19.4 Å². The highest BCUT2D eigenvalue weighted by atomic mass is 19.3. The Morgan fingerprint density at radius 2 is 2.10 bits per heavy atom. The molecule has 0 aromatic rings. The van der Waals surface area contributed by atoms with E-state index in [0.29, 0.717) is 24.7 Å². The van der Waals surface area contributed by atoms with Crippen LogP contribution < -0.4 is 0 Å². The highest BCUT2D eigenvalue weighted by Crippen LogP contribution is 2.60. The van der Waals surface area contributed by atoms with Gasteiger partial charge in [0.15, 0.2) is 0 Å². The fourth-order valence-electron chi connectivity index (χ4n) is 6.27. The Morgan fingerprint density at radius 1 is 1.35 bits per heavy atom. The van der Waals surface area contributed by atoms with Crippen LogP contribution in [0.2, 0.25) is 0 Å². The van der Waals surface area contributed by atoms with E-state index in [2.05, 4.69) is 31.6 Å². The molecule has 3 saturated carbocycles. The molecule has 3 aliphatic rings. The van der Waals surface area contributed by atoms with Gasteiger partial charge in [-0.15, -0.1) is 0 Å². The smallest absolute Gasteiger partial charge is 0.275 e. The van der Waals surface area contributed by atoms with Gasteiger partial charge in [-0.3, -0.25) is 0 Å². The maximum atomic E-state index is 14.4. The number of allylic oxidation sites excluding steroid dienone is 4. The summed E-state index contributed by atoms with van der Waals surface area (Å²) in [4.78, 5) is 0. The maximum absolute atomic E-state index is 14.4. The van der Waals surface area contributed by atoms with E-state index >= 15 is 0 Å². The van der Waals surface area contributed by atoms with Gasteiger partial charge in [-0.1, -0.05) is 43.7 Å². The second-order valence-electron chi connectivity index (χ2n) is 11.0. The van der Waals surface area contributed by atoms with Gasteiger partial charge in [0.1, 0.15) is 5.60 Å². The van der Waals surface area contributed by atoms with Crippen LogP contribution in [0, 0.1) is 23.2 Å². The second-order valence-corrected chi connectivity index (χ2v) is 11.0. The summed E-state index contributed by atoms with van der Waals surface area (Å²) in [6.07, 6.45) is 7.66. The SMILES string of the molecule is [2H]O[C@]1([2H])C/C(=C/C=C2CCC[C@@]3(C)C2CC[C@@H]3[C@H](C)CCC(F)(F)C(C)(C)O)C(=C)CC1[2H]. The summed E-state index contributed by atoms with van der Waals surface area (Å²) in [5, 5.41) is 14.4. The molecule has 3 aliphatic carbocycles. The van der Waals surface area contributed by atoms with Gasteiger partial charge < -0.3 is 10.2 Å². The van der Waals surface area contributed by atoms with Crippen LogP contribution in [0.1, 0.15) is 94.6 Å². The van der Waals surface area contributed by atoms with Gasteiger partial charge in [0, 0.05) is 7.79 Å². The lowest BCUT2D eigenvalue weighted by Gasteiger charge is -2.44. The summed E-state index contributed by atoms with van der Waals surface area (Å²) in [5.41, 5.74) is 1.16. The van der Waals surface area contributed by atoms with E-state index in [4.69, 9.17) is 4.17 Å². The van der Waals surface area contributed by atoms with Crippen molar-refractivity contribution in [1.29, 1.82) is 1.43 Å². The molecule has 0 heterocycles. The summed E-state index contributed by atoms with van der Waals surface area (Å²) in [6, 6.07) is 0. The summed E-state index contributed by atoms with van der Waals surface area (Å²) < 4.78 is 52.3. The topological polar surface area (TPSA) is 40.5 Å². The van der Waals surface area contributed by atoms with E-state index < -0.39 is 24.0 Å². The molecule has 0 aromatic heterocycles. The van der Waals surface area contributed by atoms with Crippen LogP contribution in [-0.2, 0) is 0 Å². The first kappa shape index (κ1) is 20.6. The van der Waals surface area contributed by atoms with Gasteiger partial charge in [-0.05, 0) is 100 Å². The summed E-state index contributed by atoms with van der Waals surface area (Å²) in [5.74, 6) is -2.15. The Morgan fingerprint density at radius 3 is 2.77 bits per heavy atom. The maximum Gasteiger partial charge on any atom is 0.275 e. The van der Waals surface area contributed by atoms with Crippen molar-refractivity contribution >= 4 is 0 Å². The molecule has 0 radical (unpaired) electrons. The van der Waals surface area contributed by atoms with Crippen molar-refractivity contribution < 1.29 is 21.7 Å². The van der Waals surface area contributed by atoms with Crippen LogP contribution in [0.25, 0.3) is 0 Å². The third-order valence-electron chi connectivity index (χ3n) is 8.43. The first-order valence-electron chi connectivity index (χ1n) is 13.4. The van der Waals surface area contributed by atoms with E-state index in [0.717, 1.165) is 43.3 Å². The molecule has 2 N–H and O–H groups in total. The molecule has 3 fully saturated rings. The lowest BCUT2D eigenvalue weighted by Crippen LogP contribution is -2.43. The van der Waals surface area contributed by atoms with Gasteiger partial charge in [-0.25, -0.2) is 8.78 Å². The first-order chi connectivity index (χ1) is 15.6. The molecule has 2 nitrogen and oxygen atoms in total. The standard InChI is InChI=1S/C27H42F2O2/c1-18-8-11-22(30)17-21(18)10-9-20-7-6-15-26(5)23(12-13-24(20)26)19(2)14-16-27(28,29)25(3,4)31/h9-10,19,22-24,30-31H,1,6-8,11-17H2,2-5H3/b20-9?,21-10-/t19-,22+,23-,24?,26-/m1/s1/i11D,22D,30D/t11?,19-,22+,23-,24?,26-. The second kappa shape index (κ2) is 9.09. The molecule has 0 spiro atoms. The number of rotatable bonds is 7. The number of hydrogen-bond acceptors (Lipinski definition) is 2. The predicted octanol–water partition coefficient (Wildman–Crippen LogP) is 6.98. The van der Waals surface area contributed by atoms with Gasteiger partial charge in [0.2, 0.25) is 1.43 Å². The van der Waals surface area contributed by atoms with Crippen LogP contribution in [0.15, 0.2) is 35.5 Å². The van der Waals surface area contributed by atoms with Gasteiger partial charge in [0.25, 0.3) is 5.92 Å². The molecule has 176 valence electrons. The van der Waals surface area contributed by atoms with Crippen molar-refractivity contribution in [1.82, 2.24) is 0 Å². The summed E-state index contributed by atoms with van der Waals surface area (Å²) in [7, 11) is 0. The monoisotopic (exact) mass is 439 g/mol. The Kier molecular flexibility index (Phi) is 6.04. The van der Waals surface area contributed by atoms with Crippen molar-refractivity contribution in [2.45, 2.75) is 109 Å². The third kappa shape index (κ3) is 5.16. The van der Waals surface area contributed by atoms with Gasteiger partial charge in [0.05, 0.1) is 7.45 Å². The van der Waals surface area contributed by atoms with Crippen molar-refractivity contribution in [3.8, 4) is 0 Å². The molecular weight excluding hydrogens is 394 g/mol. The Balaban J connectivity index is 1.74. The van der Waals surface area contributed by atoms with Gasteiger partial charge >= 0.3 is 0 Å². The van der Waals surface area contributed by atoms with E-state index in [9.17, 15) is 13.9 Å². The van der Waals surface area contributed by atoms with E-state index in [1.54, 1.807) is 0 Å². The lowest BCUT2D eigenvalue weighted by atomic mass is 9.60. The van der Waals surface area contributed by atoms with Crippen LogP contribution in [0.3, 0.4) is 0 Å². The van der Waals surface area contributed by atoms with Crippen LogP contribution in [-0.4, -0.2) is 29.3 Å². The first-order valence-corrected chi connectivity index (χ1v) is 11.9. The number of hydrogen-bond donors (Lipinski definition) is 2. The fourth-order valence-corrected chi connectivity index (χ4v) is 6.27.